The van der Waals surface area contributed by atoms with E-state index in [1.54, 1.807) is 0 Å². The molecule has 0 aliphatic heterocycles. The Hall–Kier alpha value is -1.49. The van der Waals surface area contributed by atoms with Gasteiger partial charge in [0.2, 0.25) is 0 Å². The molecule has 0 heterocycles. The molecule has 0 unspecified atom stereocenters. The molecule has 2 rings (SSSR count). The van der Waals surface area contributed by atoms with Gasteiger partial charge in [0.15, 0.2) is 0 Å². The molecule has 1 saturated carbocycles. The van der Waals surface area contributed by atoms with Crippen molar-refractivity contribution in [2.75, 3.05) is 11.9 Å². The Labute approximate surface area is 97.3 Å². The summed E-state index contributed by atoms with van der Waals surface area (Å²) >= 11 is 0. The zero-order valence-electron chi connectivity index (χ0n) is 9.79. The molecular formula is C14H18N2. The van der Waals surface area contributed by atoms with Gasteiger partial charge >= 0.3 is 0 Å². The number of nitriles is 1. The first kappa shape index (κ1) is 11.0. The average Bonchev–Trinajstić information content (AvgIpc) is 2.29. The molecule has 1 aliphatic rings. The van der Waals surface area contributed by atoms with Gasteiger partial charge in [-0.2, -0.15) is 5.26 Å². The van der Waals surface area contributed by atoms with Gasteiger partial charge in [0, 0.05) is 12.2 Å². The van der Waals surface area contributed by atoms with Crippen LogP contribution in [0.2, 0.25) is 0 Å². The predicted molar refractivity (Wildman–Crippen MR) is 66.2 cm³/mol. The molecule has 2 heteroatoms. The van der Waals surface area contributed by atoms with E-state index in [1.807, 2.05) is 24.3 Å². The number of benzene rings is 1. The molecule has 0 amide bonds. The van der Waals surface area contributed by atoms with Gasteiger partial charge in [-0.05, 0) is 48.9 Å². The third kappa shape index (κ3) is 2.19. The largest absolute Gasteiger partial charge is 0.384 e. The van der Waals surface area contributed by atoms with Crippen LogP contribution in [-0.4, -0.2) is 6.54 Å². The van der Waals surface area contributed by atoms with E-state index in [2.05, 4.69) is 18.3 Å². The molecule has 16 heavy (non-hydrogen) atoms. The molecule has 0 spiro atoms. The zero-order chi connectivity index (χ0) is 11.4. The maximum absolute atomic E-state index is 8.70. The third-order valence-electron chi connectivity index (χ3n) is 3.85. The molecule has 1 N–H and O–H groups in total. The van der Waals surface area contributed by atoms with Crippen LogP contribution in [0.5, 0.6) is 0 Å². The van der Waals surface area contributed by atoms with Crippen molar-refractivity contribution in [2.45, 2.75) is 32.6 Å². The smallest absolute Gasteiger partial charge is 0.0991 e. The van der Waals surface area contributed by atoms with Crippen molar-refractivity contribution >= 4 is 5.69 Å². The maximum Gasteiger partial charge on any atom is 0.0991 e. The number of nitrogens with one attached hydrogen (secondary N) is 1. The second kappa shape index (κ2) is 4.57. The lowest BCUT2D eigenvalue weighted by molar-refractivity contribution is 0.145. The van der Waals surface area contributed by atoms with Crippen molar-refractivity contribution in [1.29, 1.82) is 5.26 Å². The lowest BCUT2D eigenvalue weighted by Crippen LogP contribution is -2.35. The van der Waals surface area contributed by atoms with Gasteiger partial charge in [-0.15, -0.1) is 0 Å². The Morgan fingerprint density at radius 1 is 1.31 bits per heavy atom. The lowest BCUT2D eigenvalue weighted by atomic mass is 9.67. The van der Waals surface area contributed by atoms with E-state index >= 15 is 0 Å². The second-order valence-electron chi connectivity index (χ2n) is 4.75. The highest BCUT2D eigenvalue weighted by Gasteiger charge is 2.34. The van der Waals surface area contributed by atoms with E-state index in [9.17, 15) is 0 Å². The van der Waals surface area contributed by atoms with Crippen molar-refractivity contribution in [2.24, 2.45) is 5.41 Å². The van der Waals surface area contributed by atoms with Gasteiger partial charge < -0.3 is 5.32 Å². The molecular weight excluding hydrogens is 196 g/mol. The second-order valence-corrected chi connectivity index (χ2v) is 4.75. The summed E-state index contributed by atoms with van der Waals surface area (Å²) in [7, 11) is 0. The van der Waals surface area contributed by atoms with E-state index in [1.165, 1.54) is 25.7 Å². The van der Waals surface area contributed by atoms with E-state index < -0.39 is 0 Å². The number of hydrogen-bond donors (Lipinski definition) is 1. The van der Waals surface area contributed by atoms with Crippen LogP contribution in [0.15, 0.2) is 24.3 Å². The molecule has 0 bridgehead atoms. The highest BCUT2D eigenvalue weighted by molar-refractivity contribution is 5.47. The highest BCUT2D eigenvalue weighted by atomic mass is 14.9. The monoisotopic (exact) mass is 214 g/mol. The predicted octanol–water partition coefficient (Wildman–Crippen LogP) is 3.55. The summed E-state index contributed by atoms with van der Waals surface area (Å²) in [6.07, 6.45) is 5.35. The summed E-state index contributed by atoms with van der Waals surface area (Å²) in [5, 5.41) is 12.2. The Morgan fingerprint density at radius 3 is 2.44 bits per heavy atom. The maximum atomic E-state index is 8.70. The summed E-state index contributed by atoms with van der Waals surface area (Å²) in [5.41, 5.74) is 2.38. The summed E-state index contributed by atoms with van der Waals surface area (Å²) in [6.45, 7) is 3.34. The highest BCUT2D eigenvalue weighted by Crippen LogP contribution is 2.43. The quantitative estimate of drug-likeness (QED) is 0.832. The lowest BCUT2D eigenvalue weighted by Gasteiger charge is -2.41. The SMILES string of the molecule is CCC1(CNc2ccc(C#N)cc2)CCC1. The molecule has 1 aromatic rings. The Bertz CT molecular complexity index is 377. The fourth-order valence-electron chi connectivity index (χ4n) is 2.28. The number of hydrogen-bond acceptors (Lipinski definition) is 2. The summed E-state index contributed by atoms with van der Waals surface area (Å²) in [6, 6.07) is 9.83. The van der Waals surface area contributed by atoms with E-state index in [0.717, 1.165) is 17.8 Å². The van der Waals surface area contributed by atoms with Gasteiger partial charge in [-0.25, -0.2) is 0 Å². The normalized spacial score (nSPS) is 17.2. The van der Waals surface area contributed by atoms with E-state index in [-0.39, 0.29) is 0 Å². The molecule has 0 atom stereocenters. The van der Waals surface area contributed by atoms with Crippen LogP contribution >= 0.6 is 0 Å². The van der Waals surface area contributed by atoms with Crippen molar-refractivity contribution in [1.82, 2.24) is 0 Å². The summed E-state index contributed by atoms with van der Waals surface area (Å²) in [4.78, 5) is 0. The van der Waals surface area contributed by atoms with Crippen LogP contribution in [0.1, 0.15) is 38.2 Å². The number of nitrogens with zero attached hydrogens (tertiary/aromatic N) is 1. The molecule has 0 radical (unpaired) electrons. The van der Waals surface area contributed by atoms with Crippen molar-refractivity contribution < 1.29 is 0 Å². The minimum absolute atomic E-state index is 0.536. The molecule has 0 saturated heterocycles. The molecule has 2 nitrogen and oxygen atoms in total. The van der Waals surface area contributed by atoms with Crippen LogP contribution < -0.4 is 5.32 Å². The van der Waals surface area contributed by atoms with Gasteiger partial charge in [-0.3, -0.25) is 0 Å². The first-order valence-corrected chi connectivity index (χ1v) is 6.02. The summed E-state index contributed by atoms with van der Waals surface area (Å²) in [5.74, 6) is 0. The van der Waals surface area contributed by atoms with E-state index in [4.69, 9.17) is 5.26 Å². The molecule has 1 aliphatic carbocycles. The number of rotatable bonds is 4. The molecule has 84 valence electrons. The Balaban J connectivity index is 1.92. The van der Waals surface area contributed by atoms with Gasteiger partial charge in [-0.1, -0.05) is 13.3 Å². The first-order chi connectivity index (χ1) is 7.78. The van der Waals surface area contributed by atoms with Crippen LogP contribution in [0.4, 0.5) is 5.69 Å². The minimum atomic E-state index is 0.536. The van der Waals surface area contributed by atoms with Crippen molar-refractivity contribution in [3.8, 4) is 6.07 Å². The first-order valence-electron chi connectivity index (χ1n) is 6.02. The summed E-state index contributed by atoms with van der Waals surface area (Å²) < 4.78 is 0. The van der Waals surface area contributed by atoms with Crippen molar-refractivity contribution in [3.05, 3.63) is 29.8 Å². The Kier molecular flexibility index (Phi) is 3.14. The topological polar surface area (TPSA) is 35.8 Å². The number of anilines is 1. The zero-order valence-corrected chi connectivity index (χ0v) is 9.79. The Morgan fingerprint density at radius 2 is 2.00 bits per heavy atom. The third-order valence-corrected chi connectivity index (χ3v) is 3.85. The fraction of sp³-hybridized carbons (Fsp3) is 0.500. The van der Waals surface area contributed by atoms with Crippen LogP contribution in [0.25, 0.3) is 0 Å². The standard InChI is InChI=1S/C14H18N2/c1-2-14(8-3-9-14)11-16-13-6-4-12(10-15)5-7-13/h4-7,16H,2-3,8-9,11H2,1H3. The molecule has 0 aromatic heterocycles. The fourth-order valence-corrected chi connectivity index (χ4v) is 2.28. The van der Waals surface area contributed by atoms with Gasteiger partial charge in [0.05, 0.1) is 11.6 Å². The van der Waals surface area contributed by atoms with E-state index in [0.29, 0.717) is 5.41 Å². The van der Waals surface area contributed by atoms with Gasteiger partial charge in [0.1, 0.15) is 0 Å². The van der Waals surface area contributed by atoms with Crippen molar-refractivity contribution in [3.63, 3.8) is 0 Å². The van der Waals surface area contributed by atoms with Crippen LogP contribution in [0, 0.1) is 16.7 Å². The minimum Gasteiger partial charge on any atom is -0.384 e. The van der Waals surface area contributed by atoms with Crippen LogP contribution in [0.3, 0.4) is 0 Å². The van der Waals surface area contributed by atoms with Gasteiger partial charge in [0.25, 0.3) is 0 Å². The average molecular weight is 214 g/mol. The molecule has 1 fully saturated rings. The molecule has 1 aromatic carbocycles. The van der Waals surface area contributed by atoms with Crippen LogP contribution in [-0.2, 0) is 0 Å².